The number of carbonyl (C=O) groups is 2. The first-order valence-electron chi connectivity index (χ1n) is 9.43. The number of aromatic hydroxyl groups is 1. The molecule has 0 unspecified atom stereocenters. The number of hydrogen-bond acceptors (Lipinski definition) is 4. The van der Waals surface area contributed by atoms with E-state index < -0.39 is 6.61 Å². The number of phenolic OH excluding ortho intramolecular Hbond substituents is 1. The summed E-state index contributed by atoms with van der Waals surface area (Å²) in [7, 11) is 0. The van der Waals surface area contributed by atoms with Crippen LogP contribution in [0, 0.1) is 0 Å². The van der Waals surface area contributed by atoms with E-state index in [-0.39, 0.29) is 23.3 Å². The van der Waals surface area contributed by atoms with Gasteiger partial charge in [0.1, 0.15) is 11.5 Å². The SMILES string of the molecule is CC(=O)N1CCc2cc(O)c(Br)cc21.CC(=O)N1CCc2cc(OC(F)F)c(Br)cc21. The number of halogens is 4. The average molecular weight is 562 g/mol. The Morgan fingerprint density at radius 1 is 0.935 bits per heavy atom. The second-order valence-corrected chi connectivity index (χ2v) is 8.77. The molecule has 166 valence electrons. The maximum absolute atomic E-state index is 12.1. The standard InChI is InChI=1S/C11H10BrF2NO2.C10H10BrNO2/c1-6(16)15-3-2-7-4-10(17-11(13)14)8(12)5-9(7)15;1-6(13)12-3-2-7-4-10(14)8(11)5-9(7)12/h4-5,11H,2-3H2,1H3;4-5,14H,2-3H2,1H3. The zero-order valence-electron chi connectivity index (χ0n) is 16.8. The third-order valence-electron chi connectivity index (χ3n) is 5.05. The van der Waals surface area contributed by atoms with E-state index in [1.807, 2.05) is 0 Å². The summed E-state index contributed by atoms with van der Waals surface area (Å²) in [5, 5.41) is 9.46. The topological polar surface area (TPSA) is 70.1 Å². The molecule has 6 nitrogen and oxygen atoms in total. The van der Waals surface area contributed by atoms with E-state index in [2.05, 4.69) is 36.6 Å². The summed E-state index contributed by atoms with van der Waals surface area (Å²) >= 11 is 6.40. The smallest absolute Gasteiger partial charge is 0.387 e. The van der Waals surface area contributed by atoms with Crippen LogP contribution in [0.4, 0.5) is 20.2 Å². The molecule has 0 saturated carbocycles. The Hall–Kier alpha value is -2.20. The number of benzene rings is 2. The minimum atomic E-state index is -2.85. The van der Waals surface area contributed by atoms with E-state index in [9.17, 15) is 23.5 Å². The molecule has 0 bridgehead atoms. The van der Waals surface area contributed by atoms with Crippen LogP contribution < -0.4 is 14.5 Å². The molecule has 0 spiro atoms. The van der Waals surface area contributed by atoms with Crippen molar-refractivity contribution in [1.29, 1.82) is 0 Å². The minimum Gasteiger partial charge on any atom is -0.507 e. The zero-order valence-corrected chi connectivity index (χ0v) is 20.0. The molecule has 2 heterocycles. The third kappa shape index (κ3) is 5.17. The van der Waals surface area contributed by atoms with Gasteiger partial charge in [0.25, 0.3) is 0 Å². The van der Waals surface area contributed by atoms with Gasteiger partial charge in [0.15, 0.2) is 0 Å². The van der Waals surface area contributed by atoms with Crippen LogP contribution in [0.2, 0.25) is 0 Å². The van der Waals surface area contributed by atoms with Crippen LogP contribution >= 0.6 is 31.9 Å². The molecule has 2 aliphatic heterocycles. The van der Waals surface area contributed by atoms with E-state index in [1.54, 1.807) is 41.0 Å². The van der Waals surface area contributed by atoms with Gasteiger partial charge in [-0.1, -0.05) is 0 Å². The molecule has 2 aromatic carbocycles. The fraction of sp³-hybridized carbons (Fsp3) is 0.333. The molecule has 0 atom stereocenters. The van der Waals surface area contributed by atoms with Crippen LogP contribution in [-0.4, -0.2) is 36.6 Å². The maximum atomic E-state index is 12.1. The van der Waals surface area contributed by atoms with Gasteiger partial charge in [0.2, 0.25) is 11.8 Å². The molecule has 2 aromatic rings. The first kappa shape index (κ1) is 23.5. The van der Waals surface area contributed by atoms with Crippen LogP contribution in [0.15, 0.2) is 33.2 Å². The van der Waals surface area contributed by atoms with Crippen LogP contribution in [0.1, 0.15) is 25.0 Å². The highest BCUT2D eigenvalue weighted by Gasteiger charge is 2.25. The Balaban J connectivity index is 0.000000179. The Bertz CT molecular complexity index is 1030. The number of ether oxygens (including phenoxy) is 1. The minimum absolute atomic E-state index is 0.0429. The Labute approximate surface area is 195 Å². The molecule has 2 aliphatic rings. The Kier molecular flexibility index (Phi) is 7.20. The van der Waals surface area contributed by atoms with E-state index in [0.717, 1.165) is 28.9 Å². The van der Waals surface area contributed by atoms with Gasteiger partial charge in [-0.25, -0.2) is 0 Å². The lowest BCUT2D eigenvalue weighted by molar-refractivity contribution is -0.117. The second-order valence-electron chi connectivity index (χ2n) is 7.06. The van der Waals surface area contributed by atoms with E-state index in [4.69, 9.17) is 0 Å². The molecule has 0 aromatic heterocycles. The highest BCUT2D eigenvalue weighted by molar-refractivity contribution is 9.10. The van der Waals surface area contributed by atoms with Crippen molar-refractivity contribution in [3.8, 4) is 11.5 Å². The maximum Gasteiger partial charge on any atom is 0.387 e. The number of nitrogens with zero attached hydrogens (tertiary/aromatic N) is 2. The number of hydrogen-bond donors (Lipinski definition) is 1. The number of carbonyl (C=O) groups excluding carboxylic acids is 2. The van der Waals surface area contributed by atoms with Crippen molar-refractivity contribution in [2.45, 2.75) is 33.3 Å². The van der Waals surface area contributed by atoms with Gasteiger partial charge in [0, 0.05) is 38.3 Å². The molecule has 2 amide bonds. The number of phenols is 1. The lowest BCUT2D eigenvalue weighted by atomic mass is 10.1. The molecule has 0 saturated heterocycles. The van der Waals surface area contributed by atoms with Gasteiger partial charge in [-0.2, -0.15) is 8.78 Å². The Morgan fingerprint density at radius 2 is 1.42 bits per heavy atom. The molecular formula is C21H20Br2F2N2O4. The van der Waals surface area contributed by atoms with Gasteiger partial charge in [-0.3, -0.25) is 9.59 Å². The number of amides is 2. The van der Waals surface area contributed by atoms with E-state index in [1.165, 1.54) is 6.92 Å². The predicted octanol–water partition coefficient (Wildman–Crippen LogP) is 5.02. The molecule has 0 radical (unpaired) electrons. The van der Waals surface area contributed by atoms with Gasteiger partial charge in [0.05, 0.1) is 8.95 Å². The molecule has 31 heavy (non-hydrogen) atoms. The Morgan fingerprint density at radius 3 is 1.90 bits per heavy atom. The van der Waals surface area contributed by atoms with Crippen molar-refractivity contribution in [3.05, 3.63) is 44.3 Å². The molecule has 0 aliphatic carbocycles. The largest absolute Gasteiger partial charge is 0.507 e. The normalized spacial score (nSPS) is 14.2. The summed E-state index contributed by atoms with van der Waals surface area (Å²) in [6, 6.07) is 6.69. The van der Waals surface area contributed by atoms with Gasteiger partial charge in [-0.15, -0.1) is 0 Å². The highest BCUT2D eigenvalue weighted by Crippen LogP contribution is 2.38. The molecule has 10 heteroatoms. The molecule has 4 rings (SSSR count). The summed E-state index contributed by atoms with van der Waals surface area (Å²) in [5.74, 6) is 0.317. The lowest BCUT2D eigenvalue weighted by Gasteiger charge is -2.16. The van der Waals surface area contributed by atoms with Gasteiger partial charge >= 0.3 is 6.61 Å². The number of anilines is 2. The number of alkyl halides is 2. The summed E-state index contributed by atoms with van der Waals surface area (Å²) in [5.41, 5.74) is 3.54. The van der Waals surface area contributed by atoms with Crippen molar-refractivity contribution >= 4 is 55.0 Å². The third-order valence-corrected chi connectivity index (χ3v) is 6.30. The quantitative estimate of drug-likeness (QED) is 0.559. The second kappa shape index (κ2) is 9.52. The van der Waals surface area contributed by atoms with Crippen LogP contribution in [0.3, 0.4) is 0 Å². The van der Waals surface area contributed by atoms with Crippen molar-refractivity contribution in [1.82, 2.24) is 0 Å². The molecule has 0 fully saturated rings. The first-order valence-corrected chi connectivity index (χ1v) is 11.0. The lowest BCUT2D eigenvalue weighted by Crippen LogP contribution is -2.25. The van der Waals surface area contributed by atoms with Crippen LogP contribution in [-0.2, 0) is 22.4 Å². The van der Waals surface area contributed by atoms with E-state index in [0.29, 0.717) is 28.5 Å². The van der Waals surface area contributed by atoms with Crippen LogP contribution in [0.25, 0.3) is 0 Å². The van der Waals surface area contributed by atoms with Crippen molar-refractivity contribution in [2.24, 2.45) is 0 Å². The highest BCUT2D eigenvalue weighted by atomic mass is 79.9. The van der Waals surface area contributed by atoms with Gasteiger partial charge < -0.3 is 19.6 Å². The van der Waals surface area contributed by atoms with Crippen molar-refractivity contribution in [3.63, 3.8) is 0 Å². The molecular weight excluding hydrogens is 542 g/mol. The van der Waals surface area contributed by atoms with E-state index >= 15 is 0 Å². The summed E-state index contributed by atoms with van der Waals surface area (Å²) < 4.78 is 29.7. The summed E-state index contributed by atoms with van der Waals surface area (Å²) in [6.07, 6.45) is 1.47. The number of rotatable bonds is 2. The zero-order chi connectivity index (χ0) is 22.9. The fourth-order valence-corrected chi connectivity index (χ4v) is 4.38. The van der Waals surface area contributed by atoms with Crippen molar-refractivity contribution < 1.29 is 28.2 Å². The first-order chi connectivity index (χ1) is 14.6. The predicted molar refractivity (Wildman–Crippen MR) is 120 cm³/mol. The fourth-order valence-electron chi connectivity index (χ4n) is 3.63. The monoisotopic (exact) mass is 560 g/mol. The average Bonchev–Trinajstić information content (AvgIpc) is 3.26. The summed E-state index contributed by atoms with van der Waals surface area (Å²) in [6.45, 7) is 1.47. The van der Waals surface area contributed by atoms with Crippen LogP contribution in [0.5, 0.6) is 11.5 Å². The van der Waals surface area contributed by atoms with Gasteiger partial charge in [-0.05, 0) is 80.1 Å². The van der Waals surface area contributed by atoms with Crippen molar-refractivity contribution in [2.75, 3.05) is 22.9 Å². The summed E-state index contributed by atoms with van der Waals surface area (Å²) in [4.78, 5) is 25.9. The number of fused-ring (bicyclic) bond motifs is 2. The molecule has 1 N–H and O–H groups in total.